The summed E-state index contributed by atoms with van der Waals surface area (Å²) in [7, 11) is 3.16. The summed E-state index contributed by atoms with van der Waals surface area (Å²) < 4.78 is 16.3. The Morgan fingerprint density at radius 2 is 1.52 bits per heavy atom. The van der Waals surface area contributed by atoms with Crippen LogP contribution in [0.4, 0.5) is 12.0 Å². The highest BCUT2D eigenvalue weighted by molar-refractivity contribution is 5.74. The Hall–Kier alpha value is -3.03. The van der Waals surface area contributed by atoms with E-state index in [1.807, 2.05) is 24.3 Å². The molecule has 0 aliphatic carbocycles. The SMILES string of the molecule is COc1cc(OC)nc(N2CCN(c3nc4ccccc4o3)CC2)n1. The van der Waals surface area contributed by atoms with Crippen LogP contribution in [0.25, 0.3) is 11.1 Å². The van der Waals surface area contributed by atoms with Crippen molar-refractivity contribution in [1.29, 1.82) is 0 Å². The predicted molar refractivity (Wildman–Crippen MR) is 93.6 cm³/mol. The van der Waals surface area contributed by atoms with E-state index in [9.17, 15) is 0 Å². The third-order valence-electron chi connectivity index (χ3n) is 4.20. The first-order chi connectivity index (χ1) is 12.3. The van der Waals surface area contributed by atoms with E-state index in [0.717, 1.165) is 37.3 Å². The number of hydrogen-bond acceptors (Lipinski definition) is 8. The highest BCUT2D eigenvalue weighted by Crippen LogP contribution is 2.25. The van der Waals surface area contributed by atoms with Gasteiger partial charge in [0.25, 0.3) is 6.01 Å². The molecule has 25 heavy (non-hydrogen) atoms. The number of fused-ring (bicyclic) bond motifs is 1. The molecular weight excluding hydrogens is 322 g/mol. The Morgan fingerprint density at radius 1 is 0.880 bits per heavy atom. The number of hydrogen-bond donors (Lipinski definition) is 0. The molecule has 0 radical (unpaired) electrons. The quantitative estimate of drug-likeness (QED) is 0.713. The summed E-state index contributed by atoms with van der Waals surface area (Å²) in [4.78, 5) is 17.6. The van der Waals surface area contributed by atoms with Gasteiger partial charge in [0.05, 0.1) is 20.3 Å². The molecule has 0 bridgehead atoms. The van der Waals surface area contributed by atoms with E-state index in [1.54, 1.807) is 20.3 Å². The lowest BCUT2D eigenvalue weighted by Crippen LogP contribution is -2.47. The van der Waals surface area contributed by atoms with Gasteiger partial charge < -0.3 is 23.7 Å². The second kappa shape index (κ2) is 6.46. The summed E-state index contributed by atoms with van der Waals surface area (Å²) in [6.07, 6.45) is 0. The van der Waals surface area contributed by atoms with Gasteiger partial charge in [0.2, 0.25) is 17.7 Å². The molecule has 1 aliphatic heterocycles. The molecule has 130 valence electrons. The highest BCUT2D eigenvalue weighted by Gasteiger charge is 2.23. The van der Waals surface area contributed by atoms with Crippen LogP contribution in [0.15, 0.2) is 34.7 Å². The topological polar surface area (TPSA) is 76.8 Å². The molecule has 3 aromatic rings. The average Bonchev–Trinajstić information content (AvgIpc) is 3.12. The Balaban J connectivity index is 1.49. The summed E-state index contributed by atoms with van der Waals surface area (Å²) in [5.41, 5.74) is 1.68. The van der Waals surface area contributed by atoms with E-state index in [0.29, 0.717) is 23.7 Å². The van der Waals surface area contributed by atoms with Crippen LogP contribution in [0.1, 0.15) is 0 Å². The van der Waals surface area contributed by atoms with Crippen molar-refractivity contribution in [3.8, 4) is 11.8 Å². The van der Waals surface area contributed by atoms with Crippen LogP contribution in [-0.4, -0.2) is 55.4 Å². The maximum absolute atomic E-state index is 5.85. The molecule has 0 N–H and O–H groups in total. The first-order valence-corrected chi connectivity index (χ1v) is 8.09. The average molecular weight is 341 g/mol. The van der Waals surface area contributed by atoms with Crippen molar-refractivity contribution >= 4 is 23.1 Å². The molecule has 0 unspecified atom stereocenters. The van der Waals surface area contributed by atoms with Crippen molar-refractivity contribution in [2.75, 3.05) is 50.2 Å². The molecule has 0 atom stereocenters. The molecule has 1 aliphatic rings. The van der Waals surface area contributed by atoms with E-state index in [2.05, 4.69) is 24.8 Å². The van der Waals surface area contributed by atoms with Crippen LogP contribution in [-0.2, 0) is 0 Å². The van der Waals surface area contributed by atoms with Crippen LogP contribution in [0.5, 0.6) is 11.8 Å². The molecule has 4 rings (SSSR count). The first kappa shape index (κ1) is 15.5. The zero-order valence-electron chi connectivity index (χ0n) is 14.2. The van der Waals surface area contributed by atoms with Gasteiger partial charge >= 0.3 is 0 Å². The maximum atomic E-state index is 5.85. The number of ether oxygens (including phenoxy) is 2. The molecule has 0 amide bonds. The van der Waals surface area contributed by atoms with Gasteiger partial charge in [0.15, 0.2) is 5.58 Å². The summed E-state index contributed by atoms with van der Waals surface area (Å²) in [5.74, 6) is 1.58. The van der Waals surface area contributed by atoms with Crippen LogP contribution in [0, 0.1) is 0 Å². The minimum Gasteiger partial charge on any atom is -0.481 e. The fraction of sp³-hybridized carbons (Fsp3) is 0.353. The van der Waals surface area contributed by atoms with Gasteiger partial charge in [0, 0.05) is 26.2 Å². The largest absolute Gasteiger partial charge is 0.481 e. The predicted octanol–water partition coefficient (Wildman–Crippen LogP) is 1.96. The number of anilines is 2. The van der Waals surface area contributed by atoms with Crippen LogP contribution < -0.4 is 19.3 Å². The minimum absolute atomic E-state index is 0.489. The first-order valence-electron chi connectivity index (χ1n) is 8.09. The van der Waals surface area contributed by atoms with E-state index < -0.39 is 0 Å². The van der Waals surface area contributed by atoms with Crippen LogP contribution >= 0.6 is 0 Å². The number of aromatic nitrogens is 3. The number of methoxy groups -OCH3 is 2. The maximum Gasteiger partial charge on any atom is 0.298 e. The standard InChI is InChI=1S/C17H19N5O3/c1-23-14-11-15(24-2)20-16(19-14)21-7-9-22(10-8-21)17-18-12-5-3-4-6-13(12)25-17/h3-6,11H,7-10H2,1-2H3. The summed E-state index contributed by atoms with van der Waals surface area (Å²) in [5, 5.41) is 0. The van der Waals surface area contributed by atoms with Gasteiger partial charge in [-0.25, -0.2) is 0 Å². The molecular formula is C17H19N5O3. The van der Waals surface area contributed by atoms with Crippen molar-refractivity contribution in [2.45, 2.75) is 0 Å². The van der Waals surface area contributed by atoms with Crippen molar-refractivity contribution in [3.05, 3.63) is 30.3 Å². The van der Waals surface area contributed by atoms with Crippen molar-refractivity contribution in [2.24, 2.45) is 0 Å². The zero-order chi connectivity index (χ0) is 17.2. The Kier molecular flexibility index (Phi) is 4.01. The number of nitrogens with zero attached hydrogens (tertiary/aromatic N) is 5. The Labute approximate surface area is 145 Å². The van der Waals surface area contributed by atoms with Gasteiger partial charge in [-0.1, -0.05) is 12.1 Å². The Bertz CT molecular complexity index is 818. The Morgan fingerprint density at radius 3 is 2.16 bits per heavy atom. The molecule has 1 fully saturated rings. The van der Waals surface area contributed by atoms with E-state index in [1.165, 1.54) is 0 Å². The molecule has 1 saturated heterocycles. The normalized spacial score (nSPS) is 14.8. The van der Waals surface area contributed by atoms with E-state index >= 15 is 0 Å². The van der Waals surface area contributed by atoms with Crippen LogP contribution in [0.2, 0.25) is 0 Å². The number of rotatable bonds is 4. The molecule has 8 heteroatoms. The minimum atomic E-state index is 0.489. The van der Waals surface area contributed by atoms with Gasteiger partial charge in [-0.05, 0) is 12.1 Å². The number of para-hydroxylation sites is 2. The van der Waals surface area contributed by atoms with Crippen molar-refractivity contribution in [1.82, 2.24) is 15.0 Å². The fourth-order valence-electron chi connectivity index (χ4n) is 2.84. The lowest BCUT2D eigenvalue weighted by molar-refractivity contribution is 0.371. The molecule has 3 heterocycles. The summed E-state index contributed by atoms with van der Waals surface area (Å²) >= 11 is 0. The van der Waals surface area contributed by atoms with Gasteiger partial charge in [-0.2, -0.15) is 15.0 Å². The fourth-order valence-corrected chi connectivity index (χ4v) is 2.84. The molecule has 8 nitrogen and oxygen atoms in total. The lowest BCUT2D eigenvalue weighted by atomic mass is 10.3. The number of piperazine rings is 1. The number of oxazole rings is 1. The molecule has 0 spiro atoms. The monoisotopic (exact) mass is 341 g/mol. The smallest absolute Gasteiger partial charge is 0.298 e. The van der Waals surface area contributed by atoms with Crippen LogP contribution in [0.3, 0.4) is 0 Å². The van der Waals surface area contributed by atoms with Gasteiger partial charge in [-0.15, -0.1) is 0 Å². The summed E-state index contributed by atoms with van der Waals surface area (Å²) in [6.45, 7) is 3.06. The lowest BCUT2D eigenvalue weighted by Gasteiger charge is -2.33. The second-order valence-corrected chi connectivity index (χ2v) is 5.69. The molecule has 1 aromatic carbocycles. The molecule has 0 saturated carbocycles. The van der Waals surface area contributed by atoms with Crippen molar-refractivity contribution in [3.63, 3.8) is 0 Å². The molecule has 2 aromatic heterocycles. The van der Waals surface area contributed by atoms with E-state index in [-0.39, 0.29) is 0 Å². The summed E-state index contributed by atoms with van der Waals surface area (Å²) in [6, 6.07) is 10.1. The number of benzene rings is 1. The third-order valence-corrected chi connectivity index (χ3v) is 4.20. The van der Waals surface area contributed by atoms with Gasteiger partial charge in [-0.3, -0.25) is 0 Å². The van der Waals surface area contributed by atoms with E-state index in [4.69, 9.17) is 13.9 Å². The zero-order valence-corrected chi connectivity index (χ0v) is 14.2. The van der Waals surface area contributed by atoms with Gasteiger partial charge in [0.1, 0.15) is 5.52 Å². The van der Waals surface area contributed by atoms with Crippen molar-refractivity contribution < 1.29 is 13.9 Å². The highest BCUT2D eigenvalue weighted by atomic mass is 16.5. The second-order valence-electron chi connectivity index (χ2n) is 5.69. The third kappa shape index (κ3) is 3.02.